The summed E-state index contributed by atoms with van der Waals surface area (Å²) in [5.74, 6) is -4.01. The zero-order valence-electron chi connectivity index (χ0n) is 37.2. The number of carbonyl (C=O) groups excluding carboxylic acids is 1. The molecule has 2 fully saturated rings. The predicted octanol–water partition coefficient (Wildman–Crippen LogP) is 1.65. The normalized spacial score (nSPS) is 46.6. The Morgan fingerprint density at radius 2 is 1.14 bits per heavy atom. The number of cyclic esters (lactones) is 1. The summed E-state index contributed by atoms with van der Waals surface area (Å²) in [6.07, 6.45) is 8.08. The largest absolute Gasteiger partial charge is 0.462 e. The van der Waals surface area contributed by atoms with Gasteiger partial charge in [-0.3, -0.25) is 4.79 Å². The fourth-order valence-electron chi connectivity index (χ4n) is 7.79. The van der Waals surface area contributed by atoms with Crippen molar-refractivity contribution >= 4 is 5.97 Å². The van der Waals surface area contributed by atoms with Crippen LogP contribution >= 0.6 is 0 Å². The van der Waals surface area contributed by atoms with Crippen LogP contribution in [0.25, 0.3) is 0 Å². The number of nitrogens with two attached hydrogens (primary N) is 1. The van der Waals surface area contributed by atoms with Gasteiger partial charge < -0.3 is 75.7 Å². The van der Waals surface area contributed by atoms with E-state index in [-0.39, 0.29) is 44.4 Å². The van der Waals surface area contributed by atoms with Crippen LogP contribution in [0.3, 0.4) is 0 Å². The van der Waals surface area contributed by atoms with Crippen LogP contribution in [0.5, 0.6) is 0 Å². The Bertz CT molecular complexity index is 1570. The highest BCUT2D eigenvalue weighted by Gasteiger charge is 2.47. The number of hydrogen-bond acceptors (Lipinski definition) is 16. The van der Waals surface area contributed by atoms with Gasteiger partial charge in [-0.2, -0.15) is 0 Å². The van der Waals surface area contributed by atoms with E-state index in [4.69, 9.17) is 24.7 Å². The van der Waals surface area contributed by atoms with Crippen molar-refractivity contribution in [3.8, 4) is 0 Å². The molecule has 63 heavy (non-hydrogen) atoms. The van der Waals surface area contributed by atoms with Crippen LogP contribution in [-0.2, 0) is 23.7 Å². The van der Waals surface area contributed by atoms with Crippen molar-refractivity contribution in [2.24, 2.45) is 23.5 Å². The van der Waals surface area contributed by atoms with Crippen molar-refractivity contribution in [1.29, 1.82) is 0 Å². The minimum absolute atomic E-state index is 0.0428. The van der Waals surface area contributed by atoms with Gasteiger partial charge in [0.25, 0.3) is 0 Å². The Balaban J connectivity index is 1.81. The Morgan fingerprint density at radius 1 is 0.603 bits per heavy atom. The second kappa shape index (κ2) is 26.9. The summed E-state index contributed by atoms with van der Waals surface area (Å²) in [5.41, 5.74) is 6.05. The first-order valence-corrected chi connectivity index (χ1v) is 22.2. The van der Waals surface area contributed by atoms with Gasteiger partial charge in [-0.05, 0) is 39.5 Å². The van der Waals surface area contributed by atoms with Gasteiger partial charge in [0.1, 0.15) is 12.2 Å². The molecule has 16 nitrogen and oxygen atoms in total. The lowest BCUT2D eigenvalue weighted by molar-refractivity contribution is -0.310. The molecular weight excluding hydrogens is 819 g/mol. The molecule has 3 rings (SSSR count). The lowest BCUT2D eigenvalue weighted by atomic mass is 9.83. The third-order valence-corrected chi connectivity index (χ3v) is 12.1. The Hall–Kier alpha value is -2.91. The maximum atomic E-state index is 12.6. The van der Waals surface area contributed by atoms with Crippen molar-refractivity contribution in [2.75, 3.05) is 0 Å². The van der Waals surface area contributed by atoms with E-state index < -0.39 is 128 Å². The van der Waals surface area contributed by atoms with E-state index in [1.54, 1.807) is 58.1 Å². The monoisotopic (exact) mass is 894 g/mol. The molecule has 0 saturated carbocycles. The highest BCUT2D eigenvalue weighted by atomic mass is 16.7. The van der Waals surface area contributed by atoms with E-state index in [9.17, 15) is 55.9 Å². The quantitative estimate of drug-likeness (QED) is 0.176. The SMILES string of the molecule is CC1/C=C/C=C/C=C/C=C/C=C/C=C/C=C/C(OC2OC(C)C(O)C(N)C2O)CC2OC(O)(CC(O)C(O)CCC(O)CC(O)CC(O)CC(=O)OC(C)C(C)C1O)CC(O)C2C. The molecule has 0 aromatic carbocycles. The predicted molar refractivity (Wildman–Crippen MR) is 235 cm³/mol. The fourth-order valence-corrected chi connectivity index (χ4v) is 7.79. The number of aliphatic hydroxyl groups excluding tert-OH is 9. The van der Waals surface area contributed by atoms with Gasteiger partial charge in [-0.1, -0.05) is 106 Å². The first kappa shape index (κ1) is 54.4. The number of rotatable bonds is 2. The number of allylic oxidation sites excluding steroid dienone is 12. The van der Waals surface area contributed by atoms with Crippen LogP contribution in [0.1, 0.15) is 86.0 Å². The molecule has 16 heteroatoms. The van der Waals surface area contributed by atoms with Gasteiger partial charge in [-0.25, -0.2) is 0 Å². The van der Waals surface area contributed by atoms with E-state index in [1.807, 2.05) is 61.6 Å². The van der Waals surface area contributed by atoms with Crippen LogP contribution in [-0.4, -0.2) is 155 Å². The molecule has 3 heterocycles. The molecule has 0 radical (unpaired) electrons. The number of hydrogen-bond donors (Lipinski definition) is 11. The summed E-state index contributed by atoms with van der Waals surface area (Å²) in [6, 6.07) is -1.05. The molecule has 0 aliphatic carbocycles. The molecule has 0 aromatic heterocycles. The summed E-state index contributed by atoms with van der Waals surface area (Å²) in [4.78, 5) is 12.6. The molecule has 3 aliphatic rings. The maximum Gasteiger partial charge on any atom is 0.308 e. The van der Waals surface area contributed by atoms with Gasteiger partial charge in [0.05, 0.1) is 79.6 Å². The zero-order valence-corrected chi connectivity index (χ0v) is 37.2. The van der Waals surface area contributed by atoms with Crippen LogP contribution in [0.4, 0.5) is 0 Å². The van der Waals surface area contributed by atoms with E-state index in [0.29, 0.717) is 0 Å². The molecule has 19 unspecified atom stereocenters. The van der Waals surface area contributed by atoms with Crippen molar-refractivity contribution in [2.45, 2.75) is 183 Å². The first-order valence-electron chi connectivity index (χ1n) is 22.2. The van der Waals surface area contributed by atoms with E-state index in [1.165, 1.54) is 0 Å². The average Bonchev–Trinajstić information content (AvgIpc) is 3.21. The third-order valence-electron chi connectivity index (χ3n) is 12.1. The molecular formula is C47H75NO15. The molecule has 0 aromatic rings. The second-order valence-corrected chi connectivity index (χ2v) is 17.6. The van der Waals surface area contributed by atoms with Crippen LogP contribution < -0.4 is 5.73 Å². The summed E-state index contributed by atoms with van der Waals surface area (Å²) in [5, 5.41) is 108. The van der Waals surface area contributed by atoms with Gasteiger partial charge in [0, 0.05) is 37.0 Å². The number of fused-ring (bicyclic) bond motifs is 2. The summed E-state index contributed by atoms with van der Waals surface area (Å²) >= 11 is 0. The molecule has 0 amide bonds. The van der Waals surface area contributed by atoms with Crippen molar-refractivity contribution < 1.29 is 74.8 Å². The van der Waals surface area contributed by atoms with Gasteiger partial charge >= 0.3 is 5.97 Å². The number of esters is 1. The third kappa shape index (κ3) is 18.5. The highest BCUT2D eigenvalue weighted by Crippen LogP contribution is 2.38. The standard InChI is InChI=1S/C47H75NO15/c1-28-18-16-14-12-10-8-6-7-9-11-13-15-17-19-36(62-46-45(58)42(48)44(57)32(5)61-46)25-40-30(3)38(53)26-47(59,63-40)27-39(54)37(52)21-20-33(49)22-34(50)23-35(51)24-41(55)60-31(4)29(2)43(28)56/h6-19,28-40,42-46,49-54,56-59H,20-27,48H2,1-5H3/b7-6+,10-8+,11-9+,14-12+,15-13+,18-16+,19-17+. The van der Waals surface area contributed by atoms with Crippen LogP contribution in [0, 0.1) is 17.8 Å². The van der Waals surface area contributed by atoms with E-state index in [2.05, 4.69) is 0 Å². The molecule has 2 saturated heterocycles. The Kier molecular flexibility index (Phi) is 23.2. The van der Waals surface area contributed by atoms with Gasteiger partial charge in [0.2, 0.25) is 0 Å². The van der Waals surface area contributed by atoms with Crippen LogP contribution in [0.15, 0.2) is 85.1 Å². The molecule has 2 bridgehead atoms. The molecule has 3 aliphatic heterocycles. The average molecular weight is 894 g/mol. The molecule has 0 spiro atoms. The minimum Gasteiger partial charge on any atom is -0.462 e. The fraction of sp³-hybridized carbons (Fsp3) is 0.681. The first-order chi connectivity index (χ1) is 29.7. The van der Waals surface area contributed by atoms with E-state index in [0.717, 1.165) is 0 Å². The Morgan fingerprint density at radius 3 is 1.75 bits per heavy atom. The summed E-state index contributed by atoms with van der Waals surface area (Å²) in [6.45, 7) is 8.60. The number of carbonyl (C=O) groups is 1. The second-order valence-electron chi connectivity index (χ2n) is 17.6. The lowest BCUT2D eigenvalue weighted by Crippen LogP contribution is -2.61. The number of aliphatic hydroxyl groups is 10. The topological polar surface area (TPSA) is 282 Å². The molecule has 12 N–H and O–H groups in total. The van der Waals surface area contributed by atoms with Crippen molar-refractivity contribution in [3.63, 3.8) is 0 Å². The highest BCUT2D eigenvalue weighted by molar-refractivity contribution is 5.70. The lowest BCUT2D eigenvalue weighted by Gasteiger charge is -2.46. The maximum absolute atomic E-state index is 12.6. The van der Waals surface area contributed by atoms with Crippen molar-refractivity contribution in [3.05, 3.63) is 85.1 Å². The molecule has 19 atom stereocenters. The molecule has 358 valence electrons. The number of ether oxygens (including phenoxy) is 4. The van der Waals surface area contributed by atoms with E-state index >= 15 is 0 Å². The zero-order chi connectivity index (χ0) is 46.9. The van der Waals surface area contributed by atoms with Crippen molar-refractivity contribution in [1.82, 2.24) is 0 Å². The summed E-state index contributed by atoms with van der Waals surface area (Å²) < 4.78 is 23.5. The Labute approximate surface area is 372 Å². The van der Waals surface area contributed by atoms with Gasteiger partial charge in [-0.15, -0.1) is 0 Å². The smallest absolute Gasteiger partial charge is 0.308 e. The van der Waals surface area contributed by atoms with Gasteiger partial charge in [0.15, 0.2) is 12.1 Å². The minimum atomic E-state index is -2.08. The van der Waals surface area contributed by atoms with Crippen LogP contribution in [0.2, 0.25) is 0 Å². The summed E-state index contributed by atoms with van der Waals surface area (Å²) in [7, 11) is 0.